The summed E-state index contributed by atoms with van der Waals surface area (Å²) in [5.74, 6) is -0.585. The number of nitrogens with zero attached hydrogens (tertiary/aromatic N) is 2. The lowest BCUT2D eigenvalue weighted by molar-refractivity contribution is -0.137. The molecule has 0 radical (unpaired) electrons. The Labute approximate surface area is 172 Å². The number of carbonyl (C=O) groups is 1. The highest BCUT2D eigenvalue weighted by Gasteiger charge is 2.32. The Kier molecular flexibility index (Phi) is 6.10. The molecule has 3 aromatic rings. The van der Waals surface area contributed by atoms with E-state index < -0.39 is 17.7 Å². The molecule has 0 saturated carbocycles. The molecular formula is C23H21F3N2O2. The normalized spacial score (nSPS) is 12.4. The largest absolute Gasteiger partial charge is 0.478 e. The van der Waals surface area contributed by atoms with Crippen LogP contribution in [0.4, 0.5) is 13.2 Å². The highest BCUT2D eigenvalue weighted by atomic mass is 19.4. The van der Waals surface area contributed by atoms with Gasteiger partial charge in [0.25, 0.3) is 0 Å². The van der Waals surface area contributed by atoms with Crippen LogP contribution in [-0.2, 0) is 6.18 Å². The second-order valence-electron chi connectivity index (χ2n) is 7.41. The number of aromatic carboxylic acids is 1. The highest BCUT2D eigenvalue weighted by molar-refractivity contribution is 5.89. The molecule has 1 heterocycles. The maximum atomic E-state index is 12.8. The molecule has 7 heteroatoms. The third-order valence-electron chi connectivity index (χ3n) is 4.54. The van der Waals surface area contributed by atoms with Gasteiger partial charge in [-0.2, -0.15) is 18.3 Å². The van der Waals surface area contributed by atoms with Crippen molar-refractivity contribution in [2.45, 2.75) is 26.4 Å². The zero-order valence-electron chi connectivity index (χ0n) is 16.5. The summed E-state index contributed by atoms with van der Waals surface area (Å²) in [5.41, 5.74) is 2.83. The van der Waals surface area contributed by atoms with Crippen LogP contribution in [0.25, 0.3) is 17.3 Å². The summed E-state index contributed by atoms with van der Waals surface area (Å²) < 4.78 is 39.5. The fourth-order valence-corrected chi connectivity index (χ4v) is 3.06. The van der Waals surface area contributed by atoms with E-state index in [-0.39, 0.29) is 5.56 Å². The quantitative estimate of drug-likeness (QED) is 0.490. The summed E-state index contributed by atoms with van der Waals surface area (Å²) in [7, 11) is 0. The summed E-state index contributed by atoms with van der Waals surface area (Å²) in [6, 6.07) is 13.8. The van der Waals surface area contributed by atoms with Gasteiger partial charge in [0.15, 0.2) is 0 Å². The van der Waals surface area contributed by atoms with Crippen LogP contribution >= 0.6 is 0 Å². The van der Waals surface area contributed by atoms with E-state index >= 15 is 0 Å². The summed E-state index contributed by atoms with van der Waals surface area (Å²) >= 11 is 0. The summed E-state index contributed by atoms with van der Waals surface area (Å²) in [6.45, 7) is 4.19. The Morgan fingerprint density at radius 1 is 1.07 bits per heavy atom. The van der Waals surface area contributed by atoms with Gasteiger partial charge in [0.1, 0.15) is 0 Å². The lowest BCUT2D eigenvalue weighted by atomic mass is 9.94. The van der Waals surface area contributed by atoms with E-state index in [0.717, 1.165) is 35.5 Å². The molecule has 3 rings (SSSR count). The van der Waals surface area contributed by atoms with Gasteiger partial charge in [0, 0.05) is 6.20 Å². The van der Waals surface area contributed by atoms with Gasteiger partial charge in [-0.15, -0.1) is 0 Å². The molecule has 0 atom stereocenters. The molecule has 156 valence electrons. The Morgan fingerprint density at radius 3 is 2.17 bits per heavy atom. The van der Waals surface area contributed by atoms with Gasteiger partial charge in [0.2, 0.25) is 0 Å². The lowest BCUT2D eigenvalue weighted by Gasteiger charge is -2.12. The number of rotatable bonds is 6. The smallest absolute Gasteiger partial charge is 0.419 e. The first-order chi connectivity index (χ1) is 14.1. The number of hydrogen-bond acceptors (Lipinski definition) is 2. The van der Waals surface area contributed by atoms with Crippen molar-refractivity contribution < 1.29 is 23.1 Å². The van der Waals surface area contributed by atoms with Crippen molar-refractivity contribution in [2.75, 3.05) is 0 Å². The monoisotopic (exact) mass is 414 g/mol. The van der Waals surface area contributed by atoms with E-state index in [1.54, 1.807) is 36.4 Å². The molecule has 0 aliphatic carbocycles. The van der Waals surface area contributed by atoms with E-state index in [0.29, 0.717) is 11.6 Å². The van der Waals surface area contributed by atoms with Crippen molar-refractivity contribution in [3.63, 3.8) is 0 Å². The van der Waals surface area contributed by atoms with Gasteiger partial charge in [-0.25, -0.2) is 9.48 Å². The first-order valence-corrected chi connectivity index (χ1v) is 9.40. The summed E-state index contributed by atoms with van der Waals surface area (Å²) in [6.07, 6.45) is 0.128. The van der Waals surface area contributed by atoms with Crippen molar-refractivity contribution in [3.8, 4) is 5.69 Å². The minimum Gasteiger partial charge on any atom is -0.478 e. The minimum absolute atomic E-state index is 0.226. The van der Waals surface area contributed by atoms with E-state index in [1.165, 1.54) is 4.68 Å². The van der Waals surface area contributed by atoms with Crippen LogP contribution in [0.3, 0.4) is 0 Å². The maximum Gasteiger partial charge on any atom is 0.419 e. The number of carboxylic acid groups (broad SMARTS) is 1. The average Bonchev–Trinajstić information content (AvgIpc) is 3.18. The number of allylic oxidation sites excluding steroid dienone is 1. The van der Waals surface area contributed by atoms with Gasteiger partial charge in [-0.05, 0) is 53.3 Å². The van der Waals surface area contributed by atoms with E-state index in [2.05, 4.69) is 18.9 Å². The Bertz CT molecular complexity index is 1050. The van der Waals surface area contributed by atoms with Crippen LogP contribution in [0.2, 0.25) is 0 Å². The van der Waals surface area contributed by atoms with Crippen LogP contribution in [0.1, 0.15) is 47.3 Å². The molecule has 0 aliphatic heterocycles. The van der Waals surface area contributed by atoms with Gasteiger partial charge >= 0.3 is 12.1 Å². The predicted molar refractivity (Wildman–Crippen MR) is 109 cm³/mol. The molecule has 0 saturated heterocycles. The molecule has 1 N–H and O–H groups in total. The fourth-order valence-electron chi connectivity index (χ4n) is 3.06. The average molecular weight is 414 g/mol. The molecule has 4 nitrogen and oxygen atoms in total. The van der Waals surface area contributed by atoms with E-state index in [4.69, 9.17) is 5.11 Å². The highest BCUT2D eigenvalue weighted by Crippen LogP contribution is 2.29. The van der Waals surface area contributed by atoms with Gasteiger partial charge in [-0.1, -0.05) is 44.2 Å². The van der Waals surface area contributed by atoms with Crippen LogP contribution in [0.15, 0.2) is 60.9 Å². The predicted octanol–water partition coefficient (Wildman–Crippen LogP) is 6.18. The molecule has 1 aromatic heterocycles. The molecule has 0 aliphatic rings. The second kappa shape index (κ2) is 8.57. The van der Waals surface area contributed by atoms with Crippen molar-refractivity contribution in [2.24, 2.45) is 5.92 Å². The molecule has 0 amide bonds. The molecule has 0 spiro atoms. The van der Waals surface area contributed by atoms with Crippen LogP contribution in [0, 0.1) is 5.92 Å². The molecule has 30 heavy (non-hydrogen) atoms. The Morgan fingerprint density at radius 2 is 1.67 bits per heavy atom. The molecule has 0 bridgehead atoms. The molecule has 2 aromatic carbocycles. The first-order valence-electron chi connectivity index (χ1n) is 9.40. The van der Waals surface area contributed by atoms with Crippen LogP contribution in [-0.4, -0.2) is 20.9 Å². The van der Waals surface area contributed by atoms with E-state index in [9.17, 15) is 18.0 Å². The van der Waals surface area contributed by atoms with Gasteiger partial charge in [0.05, 0.1) is 23.0 Å². The Hall–Kier alpha value is -3.35. The van der Waals surface area contributed by atoms with Gasteiger partial charge < -0.3 is 5.11 Å². The lowest BCUT2D eigenvalue weighted by Crippen LogP contribution is -2.02. The third kappa shape index (κ3) is 5.17. The summed E-state index contributed by atoms with van der Waals surface area (Å²) in [5, 5.41) is 12.9. The third-order valence-corrected chi connectivity index (χ3v) is 4.54. The number of aromatic nitrogens is 2. The zero-order chi connectivity index (χ0) is 21.9. The SMILES string of the molecule is CC(C)C/C(=C\c1ccc(-n2cc(C(F)(F)F)cn2)cc1)c1ccc(C(=O)O)cc1. The minimum atomic E-state index is -4.43. The van der Waals surface area contributed by atoms with Gasteiger partial charge in [-0.3, -0.25) is 0 Å². The number of alkyl halides is 3. The van der Waals surface area contributed by atoms with Crippen molar-refractivity contribution in [3.05, 3.63) is 83.2 Å². The summed E-state index contributed by atoms with van der Waals surface area (Å²) in [4.78, 5) is 11.1. The number of benzene rings is 2. The number of hydrogen-bond donors (Lipinski definition) is 1. The maximum absolute atomic E-state index is 12.8. The standard InChI is InChI=1S/C23H21F3N2O2/c1-15(2)11-19(17-5-7-18(8-6-17)22(29)30)12-16-3-9-21(10-4-16)28-14-20(13-27-28)23(24,25)26/h3-10,12-15H,11H2,1-2H3,(H,29,30)/b19-12+. The van der Waals surface area contributed by atoms with Crippen molar-refractivity contribution in [1.82, 2.24) is 9.78 Å². The van der Waals surface area contributed by atoms with E-state index in [1.807, 2.05) is 18.2 Å². The molecule has 0 unspecified atom stereocenters. The second-order valence-corrected chi connectivity index (χ2v) is 7.41. The Balaban J connectivity index is 1.88. The number of carboxylic acids is 1. The molecule has 0 fully saturated rings. The number of halogens is 3. The zero-order valence-corrected chi connectivity index (χ0v) is 16.5. The van der Waals surface area contributed by atoms with Crippen LogP contribution in [0.5, 0.6) is 0 Å². The van der Waals surface area contributed by atoms with Crippen LogP contribution < -0.4 is 0 Å². The first kappa shape index (κ1) is 21.4. The topological polar surface area (TPSA) is 55.1 Å². The van der Waals surface area contributed by atoms with Crippen molar-refractivity contribution in [1.29, 1.82) is 0 Å². The molecular weight excluding hydrogens is 393 g/mol. The fraction of sp³-hybridized carbons (Fsp3) is 0.217. The van der Waals surface area contributed by atoms with Crippen molar-refractivity contribution >= 4 is 17.6 Å².